The standard InChI is InChI=1S/C16H26O9/c1-9(17)5-14(20)24-11(3)7-16(22)25-12(4)8-15(21)23-10(2)6-13(18)19/h9-12,17H,5-8H2,1-4H3,(H,18,19)/t9-,10-,11-,12-/m1/s1. The van der Waals surface area contributed by atoms with Gasteiger partial charge in [0, 0.05) is 0 Å². The summed E-state index contributed by atoms with van der Waals surface area (Å²) in [6, 6.07) is 0. The molecule has 0 saturated heterocycles. The van der Waals surface area contributed by atoms with Crippen molar-refractivity contribution in [3.8, 4) is 0 Å². The van der Waals surface area contributed by atoms with Gasteiger partial charge in [-0.15, -0.1) is 0 Å². The molecule has 0 aliphatic carbocycles. The van der Waals surface area contributed by atoms with Gasteiger partial charge in [-0.05, 0) is 27.7 Å². The van der Waals surface area contributed by atoms with Gasteiger partial charge in [-0.25, -0.2) is 0 Å². The molecule has 25 heavy (non-hydrogen) atoms. The van der Waals surface area contributed by atoms with E-state index in [2.05, 4.69) is 0 Å². The highest BCUT2D eigenvalue weighted by Gasteiger charge is 2.21. The van der Waals surface area contributed by atoms with Crippen molar-refractivity contribution in [2.45, 2.75) is 77.8 Å². The fraction of sp³-hybridized carbons (Fsp3) is 0.750. The summed E-state index contributed by atoms with van der Waals surface area (Å²) < 4.78 is 14.8. The number of aliphatic carboxylic acids is 1. The first-order valence-corrected chi connectivity index (χ1v) is 7.97. The maximum Gasteiger partial charge on any atom is 0.309 e. The second-order valence-electron chi connectivity index (χ2n) is 5.96. The number of rotatable bonds is 11. The van der Waals surface area contributed by atoms with Crippen LogP contribution in [0.3, 0.4) is 0 Å². The van der Waals surface area contributed by atoms with E-state index in [-0.39, 0.29) is 25.7 Å². The molecule has 0 aliphatic rings. The Kier molecular flexibility index (Phi) is 10.4. The molecular weight excluding hydrogens is 336 g/mol. The molecule has 0 aromatic carbocycles. The molecule has 144 valence electrons. The molecule has 0 spiro atoms. The van der Waals surface area contributed by atoms with Crippen molar-refractivity contribution in [2.24, 2.45) is 0 Å². The summed E-state index contributed by atoms with van der Waals surface area (Å²) in [5.74, 6) is -3.04. The lowest BCUT2D eigenvalue weighted by Gasteiger charge is -2.17. The molecule has 0 bridgehead atoms. The fourth-order valence-corrected chi connectivity index (χ4v) is 1.90. The van der Waals surface area contributed by atoms with Gasteiger partial charge in [0.2, 0.25) is 0 Å². The Labute approximate surface area is 146 Å². The number of carboxylic acids is 1. The van der Waals surface area contributed by atoms with E-state index in [4.69, 9.17) is 24.4 Å². The van der Waals surface area contributed by atoms with Crippen molar-refractivity contribution in [3.63, 3.8) is 0 Å². The Hall–Kier alpha value is -2.16. The summed E-state index contributed by atoms with van der Waals surface area (Å²) in [5.41, 5.74) is 0. The van der Waals surface area contributed by atoms with Crippen molar-refractivity contribution in [1.29, 1.82) is 0 Å². The van der Waals surface area contributed by atoms with Crippen molar-refractivity contribution in [1.82, 2.24) is 0 Å². The highest BCUT2D eigenvalue weighted by molar-refractivity contribution is 5.74. The predicted octanol–water partition coefficient (Wildman–Crippen LogP) is 0.807. The summed E-state index contributed by atoms with van der Waals surface area (Å²) in [4.78, 5) is 45.2. The number of aliphatic hydroxyl groups is 1. The van der Waals surface area contributed by atoms with Gasteiger partial charge in [-0.3, -0.25) is 19.2 Å². The van der Waals surface area contributed by atoms with Crippen LogP contribution in [-0.4, -0.2) is 58.5 Å². The third kappa shape index (κ3) is 12.9. The van der Waals surface area contributed by atoms with Gasteiger partial charge in [0.15, 0.2) is 0 Å². The minimum Gasteiger partial charge on any atom is -0.481 e. The Morgan fingerprint density at radius 3 is 1.32 bits per heavy atom. The van der Waals surface area contributed by atoms with E-state index in [1.165, 1.54) is 27.7 Å². The summed E-state index contributed by atoms with van der Waals surface area (Å²) >= 11 is 0. The Morgan fingerprint density at radius 1 is 0.680 bits per heavy atom. The van der Waals surface area contributed by atoms with E-state index in [0.29, 0.717) is 0 Å². The Bertz CT molecular complexity index is 472. The molecule has 9 nitrogen and oxygen atoms in total. The first-order valence-electron chi connectivity index (χ1n) is 7.97. The van der Waals surface area contributed by atoms with Crippen LogP contribution < -0.4 is 0 Å². The van der Waals surface area contributed by atoms with Crippen LogP contribution in [0.1, 0.15) is 53.4 Å². The third-order valence-corrected chi connectivity index (χ3v) is 2.83. The molecule has 4 atom stereocenters. The monoisotopic (exact) mass is 362 g/mol. The van der Waals surface area contributed by atoms with Crippen LogP contribution in [0.2, 0.25) is 0 Å². The molecule has 0 rings (SSSR count). The molecular formula is C16H26O9. The Balaban J connectivity index is 4.14. The minimum absolute atomic E-state index is 0.170. The van der Waals surface area contributed by atoms with Crippen LogP contribution in [0.4, 0.5) is 0 Å². The van der Waals surface area contributed by atoms with Crippen molar-refractivity contribution >= 4 is 23.9 Å². The van der Waals surface area contributed by atoms with Crippen LogP contribution in [-0.2, 0) is 33.4 Å². The van der Waals surface area contributed by atoms with Gasteiger partial charge < -0.3 is 24.4 Å². The average molecular weight is 362 g/mol. The number of aliphatic hydroxyl groups excluding tert-OH is 1. The molecule has 0 amide bonds. The van der Waals surface area contributed by atoms with Crippen molar-refractivity contribution < 1.29 is 43.6 Å². The maximum absolute atomic E-state index is 11.7. The second-order valence-corrected chi connectivity index (χ2v) is 5.96. The highest BCUT2D eigenvalue weighted by atomic mass is 16.6. The van der Waals surface area contributed by atoms with Gasteiger partial charge >= 0.3 is 23.9 Å². The van der Waals surface area contributed by atoms with E-state index in [0.717, 1.165) is 0 Å². The number of carbonyl (C=O) groups is 4. The van der Waals surface area contributed by atoms with Crippen LogP contribution >= 0.6 is 0 Å². The van der Waals surface area contributed by atoms with Crippen LogP contribution in [0, 0.1) is 0 Å². The normalized spacial score (nSPS) is 15.4. The highest BCUT2D eigenvalue weighted by Crippen LogP contribution is 2.08. The first-order chi connectivity index (χ1) is 11.5. The van der Waals surface area contributed by atoms with Gasteiger partial charge in [0.05, 0.1) is 31.8 Å². The zero-order chi connectivity index (χ0) is 19.6. The molecule has 0 aromatic rings. The summed E-state index contributed by atoms with van der Waals surface area (Å²) in [6.07, 6.45) is -3.99. The zero-order valence-electron chi connectivity index (χ0n) is 14.9. The number of hydrogen-bond acceptors (Lipinski definition) is 8. The minimum atomic E-state index is -1.08. The lowest BCUT2D eigenvalue weighted by atomic mass is 10.2. The molecule has 0 heterocycles. The third-order valence-electron chi connectivity index (χ3n) is 2.83. The van der Waals surface area contributed by atoms with E-state index in [9.17, 15) is 19.2 Å². The zero-order valence-corrected chi connectivity index (χ0v) is 14.9. The smallest absolute Gasteiger partial charge is 0.309 e. The number of carbonyl (C=O) groups excluding carboxylic acids is 3. The average Bonchev–Trinajstić information content (AvgIpc) is 2.34. The molecule has 0 aromatic heterocycles. The lowest BCUT2D eigenvalue weighted by Crippen LogP contribution is -2.26. The Morgan fingerprint density at radius 2 is 1.00 bits per heavy atom. The maximum atomic E-state index is 11.7. The molecule has 0 fully saturated rings. The number of carboxylic acid groups (broad SMARTS) is 1. The summed E-state index contributed by atoms with van der Waals surface area (Å²) in [5, 5.41) is 17.6. The van der Waals surface area contributed by atoms with Gasteiger partial charge in [-0.1, -0.05) is 0 Å². The predicted molar refractivity (Wildman–Crippen MR) is 84.4 cm³/mol. The van der Waals surface area contributed by atoms with E-state index >= 15 is 0 Å². The van der Waals surface area contributed by atoms with Gasteiger partial charge in [0.1, 0.15) is 18.3 Å². The number of esters is 3. The topological polar surface area (TPSA) is 136 Å². The lowest BCUT2D eigenvalue weighted by molar-refractivity contribution is -0.160. The molecule has 0 unspecified atom stereocenters. The largest absolute Gasteiger partial charge is 0.481 e. The van der Waals surface area contributed by atoms with Gasteiger partial charge in [-0.2, -0.15) is 0 Å². The van der Waals surface area contributed by atoms with Gasteiger partial charge in [0.25, 0.3) is 0 Å². The fourth-order valence-electron chi connectivity index (χ4n) is 1.90. The van der Waals surface area contributed by atoms with E-state index < -0.39 is 48.3 Å². The summed E-state index contributed by atoms with van der Waals surface area (Å²) in [7, 11) is 0. The number of hydrogen-bond donors (Lipinski definition) is 2. The quantitative estimate of drug-likeness (QED) is 0.404. The molecule has 0 saturated carbocycles. The first kappa shape index (κ1) is 22.8. The SMILES string of the molecule is C[C@H](CC(=O)O)OC(=O)C[C@@H](C)OC(=O)C[C@@H](C)OC(=O)C[C@@H](C)O. The molecule has 2 N–H and O–H groups in total. The molecule has 0 aliphatic heterocycles. The molecule has 0 radical (unpaired) electrons. The van der Waals surface area contributed by atoms with Crippen LogP contribution in [0.25, 0.3) is 0 Å². The van der Waals surface area contributed by atoms with Crippen LogP contribution in [0.5, 0.6) is 0 Å². The van der Waals surface area contributed by atoms with Crippen LogP contribution in [0.15, 0.2) is 0 Å². The molecule has 9 heteroatoms. The van der Waals surface area contributed by atoms with E-state index in [1.807, 2.05) is 0 Å². The summed E-state index contributed by atoms with van der Waals surface area (Å²) in [6.45, 7) is 5.89. The van der Waals surface area contributed by atoms with Crippen molar-refractivity contribution in [2.75, 3.05) is 0 Å². The second kappa shape index (κ2) is 11.4. The van der Waals surface area contributed by atoms with Crippen molar-refractivity contribution in [3.05, 3.63) is 0 Å². The number of ether oxygens (including phenoxy) is 3. The van der Waals surface area contributed by atoms with E-state index in [1.54, 1.807) is 0 Å².